The van der Waals surface area contributed by atoms with Gasteiger partial charge in [-0.05, 0) is 137 Å². The number of nitrogens with two attached hydrogens (primary N) is 1. The first kappa shape index (κ1) is 64.3. The van der Waals surface area contributed by atoms with Gasteiger partial charge in [-0.25, -0.2) is 24.7 Å². The van der Waals surface area contributed by atoms with Gasteiger partial charge < -0.3 is 34.8 Å². The van der Waals surface area contributed by atoms with E-state index in [9.17, 15) is 19.2 Å². The van der Waals surface area contributed by atoms with E-state index in [1.807, 2.05) is 72.8 Å². The Balaban J connectivity index is 0.000000128. The minimum Gasteiger partial charge on any atom is -0.497 e. The standard InChI is InChI=1S/2C26H26N2O.C10H13NO2.C8H11NO.C6H7NO4/c2*1-15-12-13-19-18(14-15)22-24-23(27-20-10-6-7-11-21(20)28-24)16-8-4-5-9-17(16)25(22)29-26(19,2)3;1-8(12)11-7-9-4-3-5-10(6-9)13-2;1-10-8-4-2-3-7(5-8)6-9;1-4(8)11-7-5(9)2-3-6(7)10/h2*4-11,15,18-19H,12-14H2,1-3H3;3-6H,7H2,1-2H3,(H,11,12);2-5H,6,9H2,1H3;2-3H2,1H3/t2*15-,18-,19-;;;/m00.../s1. The second-order valence-corrected chi connectivity index (χ2v) is 26.1. The molecule has 476 valence electrons. The molecule has 10 aromatic rings. The van der Waals surface area contributed by atoms with Crippen LogP contribution in [-0.4, -0.2) is 74.1 Å². The van der Waals surface area contributed by atoms with Crippen molar-refractivity contribution < 1.29 is 43.0 Å². The molecule has 0 unspecified atom stereocenters. The number of fused-ring (bicyclic) bond motifs is 18. The van der Waals surface area contributed by atoms with Crippen molar-refractivity contribution >= 4 is 89.4 Å². The molecule has 6 atom stereocenters. The van der Waals surface area contributed by atoms with Gasteiger partial charge in [0.1, 0.15) is 34.2 Å². The van der Waals surface area contributed by atoms with E-state index in [0.29, 0.717) is 41.8 Å². The maximum Gasteiger partial charge on any atom is 0.330 e. The third-order valence-corrected chi connectivity index (χ3v) is 18.7. The number of rotatable bonds is 6. The summed E-state index contributed by atoms with van der Waals surface area (Å²) in [7, 11) is 3.27. The Bertz CT molecular complexity index is 4180. The number of hydrogen-bond acceptors (Lipinski definition) is 14. The van der Waals surface area contributed by atoms with E-state index in [-0.39, 0.29) is 30.0 Å². The van der Waals surface area contributed by atoms with Gasteiger partial charge in [0, 0.05) is 84.3 Å². The van der Waals surface area contributed by atoms with Crippen molar-refractivity contribution in [3.8, 4) is 23.0 Å². The highest BCUT2D eigenvalue weighted by atomic mass is 16.7. The van der Waals surface area contributed by atoms with Gasteiger partial charge in [0.25, 0.3) is 11.8 Å². The highest BCUT2D eigenvalue weighted by Gasteiger charge is 2.49. The number of ether oxygens (including phenoxy) is 4. The lowest BCUT2D eigenvalue weighted by atomic mass is 9.64. The number of nitrogens with one attached hydrogen (secondary N) is 1. The number of carbonyl (C=O) groups excluding carboxylic acids is 4. The lowest BCUT2D eigenvalue weighted by molar-refractivity contribution is -0.195. The average molecular weight is 1240 g/mol. The average Bonchev–Trinajstić information content (AvgIpc) is 0.779. The maximum absolute atomic E-state index is 10.7. The summed E-state index contributed by atoms with van der Waals surface area (Å²) in [6.45, 7) is 17.6. The lowest BCUT2D eigenvalue weighted by Gasteiger charge is -2.49. The van der Waals surface area contributed by atoms with Gasteiger partial charge in [-0.1, -0.05) is 124 Å². The number of aromatic nitrogens is 4. The molecule has 16 heteroatoms. The molecular weight excluding hydrogens is 1150 g/mol. The van der Waals surface area contributed by atoms with Crippen molar-refractivity contribution in [3.05, 3.63) is 168 Å². The smallest absolute Gasteiger partial charge is 0.330 e. The van der Waals surface area contributed by atoms with Crippen LogP contribution in [0.5, 0.6) is 23.0 Å². The molecule has 5 heterocycles. The Morgan fingerprint density at radius 1 is 0.543 bits per heavy atom. The van der Waals surface area contributed by atoms with Crippen LogP contribution in [0.15, 0.2) is 146 Å². The molecule has 2 aromatic heterocycles. The topological polar surface area (TPSA) is 207 Å². The minimum absolute atomic E-state index is 0.0252. The van der Waals surface area contributed by atoms with Crippen molar-refractivity contribution in [2.24, 2.45) is 29.4 Å². The monoisotopic (exact) mass is 1240 g/mol. The molecule has 3 aliphatic heterocycles. The van der Waals surface area contributed by atoms with Crippen LogP contribution in [0.4, 0.5) is 0 Å². The molecule has 8 aromatic carbocycles. The maximum atomic E-state index is 10.7. The van der Waals surface area contributed by atoms with Gasteiger partial charge in [-0.15, -0.1) is 5.06 Å². The molecule has 3 amide bonds. The van der Waals surface area contributed by atoms with E-state index in [0.717, 1.165) is 108 Å². The SMILES string of the molecule is CC(=O)ON1C(=O)CCC1=O.COc1cccc(CN)c1.COc1cccc(CNC(C)=O)c1.C[C@H]1CC[C@H]2[C@H](C1)c1c(c3ccccc3c3nc4ccccc4nc13)OC2(C)C.C[C@H]1CC[C@H]2[C@H](C1)c1c(c3ccccc3c3nc4ccccc4nc13)OC2(C)C. The van der Waals surface area contributed by atoms with Gasteiger partial charge in [-0.3, -0.25) is 14.4 Å². The van der Waals surface area contributed by atoms with Crippen LogP contribution in [-0.2, 0) is 37.1 Å². The zero-order chi connectivity index (χ0) is 65.0. The van der Waals surface area contributed by atoms with Crippen molar-refractivity contribution in [2.75, 3.05) is 14.2 Å². The van der Waals surface area contributed by atoms with E-state index < -0.39 is 17.8 Å². The quantitative estimate of drug-likeness (QED) is 0.0902. The zero-order valence-electron chi connectivity index (χ0n) is 54.4. The second kappa shape index (κ2) is 27.3. The molecule has 3 N–H and O–H groups in total. The third-order valence-electron chi connectivity index (χ3n) is 18.7. The van der Waals surface area contributed by atoms with Crippen LogP contribution >= 0.6 is 0 Å². The molecule has 2 aliphatic carbocycles. The number of carbonyl (C=O) groups is 4. The zero-order valence-corrected chi connectivity index (χ0v) is 54.4. The first-order chi connectivity index (χ1) is 44.2. The number of amides is 3. The summed E-state index contributed by atoms with van der Waals surface area (Å²) in [6.07, 6.45) is 7.66. The second-order valence-electron chi connectivity index (χ2n) is 26.1. The van der Waals surface area contributed by atoms with Gasteiger partial charge in [0.2, 0.25) is 5.91 Å². The number of methoxy groups -OCH3 is 2. The van der Waals surface area contributed by atoms with Gasteiger partial charge in [0.05, 0.1) is 58.4 Å². The van der Waals surface area contributed by atoms with E-state index in [2.05, 4.69) is 124 Å². The summed E-state index contributed by atoms with van der Waals surface area (Å²) in [5.74, 6) is 5.60. The Hall–Kier alpha value is -9.28. The van der Waals surface area contributed by atoms with E-state index in [4.69, 9.17) is 44.6 Å². The van der Waals surface area contributed by atoms with E-state index in [1.54, 1.807) is 14.2 Å². The van der Waals surface area contributed by atoms with Crippen LogP contribution in [0.25, 0.3) is 65.7 Å². The Kier molecular flexibility index (Phi) is 19.1. The van der Waals surface area contributed by atoms with Gasteiger partial charge >= 0.3 is 5.97 Å². The van der Waals surface area contributed by atoms with Crippen molar-refractivity contribution in [1.29, 1.82) is 0 Å². The number of benzene rings is 8. The van der Waals surface area contributed by atoms with Gasteiger partial charge in [-0.2, -0.15) is 0 Å². The van der Waals surface area contributed by atoms with E-state index in [1.165, 1.54) is 67.3 Å². The van der Waals surface area contributed by atoms with Crippen LogP contribution < -0.4 is 30.0 Å². The first-order valence-electron chi connectivity index (χ1n) is 32.1. The van der Waals surface area contributed by atoms with Crippen molar-refractivity contribution in [3.63, 3.8) is 0 Å². The summed E-state index contributed by atoms with van der Waals surface area (Å²) in [5, 5.41) is 7.85. The number of hydrogen-bond donors (Lipinski definition) is 2. The molecule has 5 aliphatic rings. The van der Waals surface area contributed by atoms with Crippen molar-refractivity contribution in [2.45, 2.75) is 143 Å². The van der Waals surface area contributed by atoms with Gasteiger partial charge in [0.15, 0.2) is 0 Å². The fraction of sp³-hybridized carbons (Fsp3) is 0.368. The van der Waals surface area contributed by atoms with Crippen LogP contribution in [0.2, 0.25) is 0 Å². The third kappa shape index (κ3) is 13.5. The number of hydroxylamine groups is 2. The predicted molar refractivity (Wildman–Crippen MR) is 361 cm³/mol. The number of nitrogens with zero attached hydrogens (tertiary/aromatic N) is 5. The summed E-state index contributed by atoms with van der Waals surface area (Å²) in [5.41, 5.74) is 17.7. The summed E-state index contributed by atoms with van der Waals surface area (Å²) >= 11 is 0. The highest BCUT2D eigenvalue weighted by Crippen LogP contribution is 2.58. The normalized spacial score (nSPS) is 20.5. The fourth-order valence-corrected chi connectivity index (χ4v) is 14.3. The van der Waals surface area contributed by atoms with Crippen LogP contribution in [0, 0.1) is 23.7 Å². The number of imide groups is 1. The summed E-state index contributed by atoms with van der Waals surface area (Å²) < 4.78 is 23.6. The Labute approximate surface area is 537 Å². The predicted octanol–water partition coefficient (Wildman–Crippen LogP) is 15.4. The number of para-hydroxylation sites is 4. The molecule has 92 heavy (non-hydrogen) atoms. The Morgan fingerprint density at radius 3 is 1.34 bits per heavy atom. The summed E-state index contributed by atoms with van der Waals surface area (Å²) in [6, 6.07) is 48.8. The summed E-state index contributed by atoms with van der Waals surface area (Å²) in [4.78, 5) is 67.3. The molecule has 16 nitrogen and oxygen atoms in total. The van der Waals surface area contributed by atoms with Crippen LogP contribution in [0.3, 0.4) is 0 Å². The molecule has 0 spiro atoms. The molecule has 2 saturated carbocycles. The molecular formula is C76H83N7O9. The van der Waals surface area contributed by atoms with E-state index >= 15 is 0 Å². The van der Waals surface area contributed by atoms with Crippen molar-refractivity contribution in [1.82, 2.24) is 30.3 Å². The first-order valence-corrected chi connectivity index (χ1v) is 32.1. The molecule has 1 saturated heterocycles. The molecule has 0 radical (unpaired) electrons. The highest BCUT2D eigenvalue weighted by molar-refractivity contribution is 6.12. The molecule has 0 bridgehead atoms. The molecule has 3 fully saturated rings. The fourth-order valence-electron chi connectivity index (χ4n) is 14.3. The Morgan fingerprint density at radius 2 is 0.935 bits per heavy atom. The largest absolute Gasteiger partial charge is 0.497 e. The lowest BCUT2D eigenvalue weighted by Crippen LogP contribution is -2.46. The molecule has 15 rings (SSSR count). The minimum atomic E-state index is -0.659. The van der Waals surface area contributed by atoms with Crippen LogP contribution in [0.1, 0.15) is 141 Å².